The molecule has 0 aliphatic carbocycles. The van der Waals surface area contributed by atoms with Gasteiger partial charge in [-0.3, -0.25) is 4.79 Å². The number of hydrogen-bond donors (Lipinski definition) is 3. The average Bonchev–Trinajstić information content (AvgIpc) is 2.71. The van der Waals surface area contributed by atoms with Gasteiger partial charge in [-0.05, 0) is 60.5 Å². The van der Waals surface area contributed by atoms with Crippen molar-refractivity contribution in [2.45, 2.75) is 13.5 Å². The van der Waals surface area contributed by atoms with E-state index in [1.807, 2.05) is 13.0 Å². The number of phenols is 2. The molecule has 0 saturated carbocycles. The third-order valence-electron chi connectivity index (χ3n) is 4.13. The zero-order valence-electron chi connectivity index (χ0n) is 15.6. The zero-order valence-corrected chi connectivity index (χ0v) is 16.3. The zero-order chi connectivity index (χ0) is 20.8. The van der Waals surface area contributed by atoms with Crippen LogP contribution in [0.25, 0.3) is 0 Å². The number of benzene rings is 3. The van der Waals surface area contributed by atoms with E-state index >= 15 is 0 Å². The topological polar surface area (TPSA) is 91.2 Å². The van der Waals surface area contributed by atoms with E-state index in [-0.39, 0.29) is 17.4 Å². The summed E-state index contributed by atoms with van der Waals surface area (Å²) in [5, 5.41) is 23.5. The molecule has 0 radical (unpaired) electrons. The van der Waals surface area contributed by atoms with Crippen LogP contribution < -0.4 is 10.2 Å². The molecule has 148 valence electrons. The fraction of sp³-hybridized carbons (Fsp3) is 0.0909. The van der Waals surface area contributed by atoms with Crippen molar-refractivity contribution in [3.63, 3.8) is 0 Å². The minimum atomic E-state index is -0.389. The number of aryl methyl sites for hydroxylation is 1. The van der Waals surface area contributed by atoms with Crippen LogP contribution in [0.5, 0.6) is 17.2 Å². The number of carbonyl (C=O) groups is 1. The Morgan fingerprint density at radius 3 is 2.55 bits per heavy atom. The second kappa shape index (κ2) is 9.12. The van der Waals surface area contributed by atoms with E-state index in [1.54, 1.807) is 36.4 Å². The smallest absolute Gasteiger partial charge is 0.271 e. The minimum Gasteiger partial charge on any atom is -0.508 e. The SMILES string of the molecule is Cc1cc(OCc2ccc(C(=O)N/N=C/c3ccc(O)cc3O)cc2)ccc1Cl. The van der Waals surface area contributed by atoms with Crippen molar-refractivity contribution in [1.29, 1.82) is 0 Å². The molecule has 3 N–H and O–H groups in total. The fourth-order valence-corrected chi connectivity index (χ4v) is 2.61. The highest BCUT2D eigenvalue weighted by Crippen LogP contribution is 2.22. The van der Waals surface area contributed by atoms with Gasteiger partial charge in [-0.25, -0.2) is 5.43 Å². The lowest BCUT2D eigenvalue weighted by atomic mass is 10.1. The van der Waals surface area contributed by atoms with Gasteiger partial charge in [0.15, 0.2) is 0 Å². The predicted octanol–water partition coefficient (Wildman–Crippen LogP) is 4.40. The van der Waals surface area contributed by atoms with E-state index in [9.17, 15) is 15.0 Å². The second-order valence-corrected chi connectivity index (χ2v) is 6.75. The molecule has 0 aliphatic heterocycles. The Hall–Kier alpha value is -3.51. The number of phenolic OH excluding ortho intramolecular Hbond substituents is 2. The summed E-state index contributed by atoms with van der Waals surface area (Å²) in [6.07, 6.45) is 1.29. The van der Waals surface area contributed by atoms with Crippen molar-refractivity contribution in [3.05, 3.63) is 87.9 Å². The molecule has 0 spiro atoms. The number of ether oxygens (including phenoxy) is 1. The number of nitrogens with one attached hydrogen (secondary N) is 1. The number of nitrogens with zero attached hydrogens (tertiary/aromatic N) is 1. The molecule has 1 amide bonds. The van der Waals surface area contributed by atoms with Crippen molar-refractivity contribution in [1.82, 2.24) is 5.43 Å². The van der Waals surface area contributed by atoms with Crippen LogP contribution in [0.4, 0.5) is 0 Å². The molecule has 0 heterocycles. The van der Waals surface area contributed by atoms with E-state index in [1.165, 1.54) is 24.4 Å². The lowest BCUT2D eigenvalue weighted by Crippen LogP contribution is -2.17. The molecule has 0 saturated heterocycles. The van der Waals surface area contributed by atoms with Gasteiger partial charge >= 0.3 is 0 Å². The summed E-state index contributed by atoms with van der Waals surface area (Å²) >= 11 is 6.00. The third-order valence-corrected chi connectivity index (χ3v) is 4.56. The first-order valence-corrected chi connectivity index (χ1v) is 9.13. The summed E-state index contributed by atoms with van der Waals surface area (Å²) in [5.41, 5.74) is 5.04. The first-order valence-electron chi connectivity index (χ1n) is 8.75. The Bertz CT molecular complexity index is 1050. The maximum atomic E-state index is 12.2. The molecular formula is C22H19ClN2O4. The number of hydrogen-bond acceptors (Lipinski definition) is 5. The molecule has 3 aromatic carbocycles. The van der Waals surface area contributed by atoms with Crippen LogP contribution in [0.1, 0.15) is 27.0 Å². The standard InChI is InChI=1S/C22H19ClN2O4/c1-14-10-19(8-9-20(14)23)29-13-15-2-4-16(5-3-15)22(28)25-24-12-17-6-7-18(26)11-21(17)27/h2-12,26-27H,13H2,1H3,(H,25,28)/b24-12+. The first-order chi connectivity index (χ1) is 13.9. The van der Waals surface area contributed by atoms with Crippen molar-refractivity contribution < 1.29 is 19.7 Å². The highest BCUT2D eigenvalue weighted by Gasteiger charge is 2.06. The summed E-state index contributed by atoms with van der Waals surface area (Å²) < 4.78 is 5.74. The molecule has 0 atom stereocenters. The lowest BCUT2D eigenvalue weighted by Gasteiger charge is -2.08. The number of aromatic hydroxyl groups is 2. The van der Waals surface area contributed by atoms with Crippen LogP contribution in [0.3, 0.4) is 0 Å². The highest BCUT2D eigenvalue weighted by molar-refractivity contribution is 6.31. The molecule has 0 bridgehead atoms. The number of carbonyl (C=O) groups excluding carboxylic acids is 1. The second-order valence-electron chi connectivity index (χ2n) is 6.34. The molecule has 6 nitrogen and oxygen atoms in total. The van der Waals surface area contributed by atoms with Crippen molar-refractivity contribution in [2.24, 2.45) is 5.10 Å². The molecule has 0 aliphatic rings. The molecular weight excluding hydrogens is 392 g/mol. The Morgan fingerprint density at radius 1 is 1.10 bits per heavy atom. The first kappa shape index (κ1) is 20.2. The largest absolute Gasteiger partial charge is 0.508 e. The minimum absolute atomic E-state index is 0.0565. The summed E-state index contributed by atoms with van der Waals surface area (Å²) in [4.78, 5) is 12.2. The Balaban J connectivity index is 1.55. The van der Waals surface area contributed by atoms with Gasteiger partial charge in [0, 0.05) is 22.2 Å². The van der Waals surface area contributed by atoms with Gasteiger partial charge in [0.2, 0.25) is 0 Å². The summed E-state index contributed by atoms with van der Waals surface area (Å²) in [6, 6.07) is 16.5. The van der Waals surface area contributed by atoms with Crippen LogP contribution in [0, 0.1) is 6.92 Å². The van der Waals surface area contributed by atoms with Gasteiger partial charge in [0.25, 0.3) is 5.91 Å². The Morgan fingerprint density at radius 2 is 1.86 bits per heavy atom. The maximum Gasteiger partial charge on any atom is 0.271 e. The van der Waals surface area contributed by atoms with Crippen molar-refractivity contribution >= 4 is 23.7 Å². The van der Waals surface area contributed by atoms with Gasteiger partial charge in [0.1, 0.15) is 23.9 Å². The van der Waals surface area contributed by atoms with Gasteiger partial charge in [-0.15, -0.1) is 0 Å². The molecule has 3 aromatic rings. The van der Waals surface area contributed by atoms with Gasteiger partial charge in [0.05, 0.1) is 6.21 Å². The molecule has 0 fully saturated rings. The van der Waals surface area contributed by atoms with Crippen LogP contribution in [0.2, 0.25) is 5.02 Å². The van der Waals surface area contributed by atoms with Crippen LogP contribution in [-0.4, -0.2) is 22.3 Å². The van der Waals surface area contributed by atoms with Crippen molar-refractivity contribution in [2.75, 3.05) is 0 Å². The quantitative estimate of drug-likeness (QED) is 0.415. The Labute approximate surface area is 173 Å². The number of amides is 1. The van der Waals surface area contributed by atoms with E-state index in [2.05, 4.69) is 10.5 Å². The Kier molecular flexibility index (Phi) is 6.36. The number of hydrazone groups is 1. The van der Waals surface area contributed by atoms with E-state index < -0.39 is 0 Å². The van der Waals surface area contributed by atoms with E-state index in [0.29, 0.717) is 22.8 Å². The monoisotopic (exact) mass is 410 g/mol. The predicted molar refractivity (Wildman–Crippen MR) is 112 cm³/mol. The van der Waals surface area contributed by atoms with Crippen LogP contribution in [0.15, 0.2) is 65.8 Å². The van der Waals surface area contributed by atoms with Gasteiger partial charge < -0.3 is 14.9 Å². The molecule has 0 aromatic heterocycles. The third kappa shape index (κ3) is 5.49. The summed E-state index contributed by atoms with van der Waals surface area (Å²) in [7, 11) is 0. The summed E-state index contributed by atoms with van der Waals surface area (Å²) in [5.74, 6) is 0.142. The number of rotatable bonds is 6. The molecule has 7 heteroatoms. The highest BCUT2D eigenvalue weighted by atomic mass is 35.5. The lowest BCUT2D eigenvalue weighted by molar-refractivity contribution is 0.0955. The maximum absolute atomic E-state index is 12.2. The average molecular weight is 411 g/mol. The van der Waals surface area contributed by atoms with Gasteiger partial charge in [-0.1, -0.05) is 23.7 Å². The van der Waals surface area contributed by atoms with Crippen LogP contribution >= 0.6 is 11.6 Å². The normalized spacial score (nSPS) is 10.8. The molecule has 3 rings (SSSR count). The van der Waals surface area contributed by atoms with E-state index in [4.69, 9.17) is 16.3 Å². The molecule has 29 heavy (non-hydrogen) atoms. The van der Waals surface area contributed by atoms with Gasteiger partial charge in [-0.2, -0.15) is 5.10 Å². The fourth-order valence-electron chi connectivity index (χ4n) is 2.49. The molecule has 0 unspecified atom stereocenters. The van der Waals surface area contributed by atoms with E-state index in [0.717, 1.165) is 16.9 Å². The van der Waals surface area contributed by atoms with Crippen LogP contribution in [-0.2, 0) is 6.61 Å². The van der Waals surface area contributed by atoms with Crippen molar-refractivity contribution in [3.8, 4) is 17.2 Å². The summed E-state index contributed by atoms with van der Waals surface area (Å²) in [6.45, 7) is 2.27. The number of halogens is 1.